The molecule has 0 unspecified atom stereocenters. The van der Waals surface area contributed by atoms with Gasteiger partial charge in [-0.2, -0.15) is 0 Å². The lowest BCUT2D eigenvalue weighted by molar-refractivity contribution is -0.384. The van der Waals surface area contributed by atoms with Gasteiger partial charge in [0, 0.05) is 35.4 Å². The molecule has 0 bridgehead atoms. The van der Waals surface area contributed by atoms with Crippen molar-refractivity contribution in [3.63, 3.8) is 0 Å². The van der Waals surface area contributed by atoms with Crippen LogP contribution in [-0.4, -0.2) is 37.1 Å². The van der Waals surface area contributed by atoms with Crippen LogP contribution in [-0.2, 0) is 4.74 Å². The Labute approximate surface area is 163 Å². The average Bonchev–Trinajstić information content (AvgIpc) is 2.62. The van der Waals surface area contributed by atoms with Gasteiger partial charge in [-0.3, -0.25) is 14.9 Å². The van der Waals surface area contributed by atoms with Crippen LogP contribution in [0.3, 0.4) is 0 Å². The van der Waals surface area contributed by atoms with Crippen LogP contribution in [0.1, 0.15) is 10.4 Å². The number of carbonyl (C=O) groups excluding carboxylic acids is 1. The third-order valence-electron chi connectivity index (χ3n) is 3.96. The van der Waals surface area contributed by atoms with E-state index in [2.05, 4.69) is 26.1 Å². The summed E-state index contributed by atoms with van der Waals surface area (Å²) in [6, 6.07) is 9.22. The third-order valence-corrected chi connectivity index (χ3v) is 4.93. The molecule has 0 radical (unpaired) electrons. The van der Waals surface area contributed by atoms with Crippen LogP contribution in [0, 0.1) is 10.1 Å². The third kappa shape index (κ3) is 4.14. The van der Waals surface area contributed by atoms with E-state index in [0.717, 1.165) is 29.3 Å². The molecule has 0 spiro atoms. The number of nitrogens with one attached hydrogen (secondary N) is 1. The smallest absolute Gasteiger partial charge is 0.270 e. The van der Waals surface area contributed by atoms with E-state index >= 15 is 0 Å². The maximum atomic E-state index is 12.4. The Kier molecular flexibility index (Phi) is 5.75. The van der Waals surface area contributed by atoms with Crippen molar-refractivity contribution in [1.82, 2.24) is 0 Å². The molecule has 2 aromatic rings. The molecule has 1 heterocycles. The molecule has 136 valence electrons. The van der Waals surface area contributed by atoms with Gasteiger partial charge in [-0.1, -0.05) is 11.6 Å². The fourth-order valence-electron chi connectivity index (χ4n) is 2.64. The Balaban J connectivity index is 1.78. The zero-order chi connectivity index (χ0) is 18.7. The fraction of sp³-hybridized carbons (Fsp3) is 0.235. The summed E-state index contributed by atoms with van der Waals surface area (Å²) in [6.07, 6.45) is 0. The summed E-state index contributed by atoms with van der Waals surface area (Å²) in [5.74, 6) is -0.510. The quantitative estimate of drug-likeness (QED) is 0.571. The fourth-order valence-corrected chi connectivity index (χ4v) is 3.48. The molecule has 1 N–H and O–H groups in total. The van der Waals surface area contributed by atoms with Crippen molar-refractivity contribution in [1.29, 1.82) is 0 Å². The minimum atomic E-state index is -0.569. The maximum Gasteiger partial charge on any atom is 0.270 e. The van der Waals surface area contributed by atoms with Crippen LogP contribution in [0.5, 0.6) is 0 Å². The molecule has 3 rings (SSSR count). The number of benzene rings is 2. The molecule has 26 heavy (non-hydrogen) atoms. The summed E-state index contributed by atoms with van der Waals surface area (Å²) in [5, 5.41) is 13.8. The number of morpholine rings is 1. The zero-order valence-corrected chi connectivity index (χ0v) is 15.9. The standard InChI is InChI=1S/C17H15BrClN3O4/c18-14-9-11(1-4-16(14)21-5-7-26-8-6-21)20-17(23)13-10-12(22(24)25)2-3-15(13)19/h1-4,9-10H,5-8H2,(H,20,23). The van der Waals surface area contributed by atoms with Crippen LogP contribution < -0.4 is 10.2 Å². The highest BCUT2D eigenvalue weighted by Crippen LogP contribution is 2.30. The number of nitro benzene ring substituents is 1. The van der Waals surface area contributed by atoms with E-state index in [1.807, 2.05) is 6.07 Å². The van der Waals surface area contributed by atoms with Crippen LogP contribution in [0.4, 0.5) is 17.1 Å². The number of anilines is 2. The zero-order valence-electron chi connectivity index (χ0n) is 13.6. The molecule has 9 heteroatoms. The largest absolute Gasteiger partial charge is 0.378 e. The Hall–Kier alpha value is -2.16. The maximum absolute atomic E-state index is 12.4. The molecule has 1 aliphatic heterocycles. The Morgan fingerprint density at radius 1 is 1.23 bits per heavy atom. The van der Waals surface area contributed by atoms with Crippen LogP contribution in [0.25, 0.3) is 0 Å². The minimum Gasteiger partial charge on any atom is -0.378 e. The van der Waals surface area contributed by atoms with E-state index in [9.17, 15) is 14.9 Å². The van der Waals surface area contributed by atoms with Crippen molar-refractivity contribution in [2.75, 3.05) is 36.5 Å². The molecule has 0 aliphatic carbocycles. The van der Waals surface area contributed by atoms with Gasteiger partial charge in [0.1, 0.15) is 0 Å². The first-order valence-electron chi connectivity index (χ1n) is 7.83. The first-order valence-corrected chi connectivity index (χ1v) is 9.00. The van der Waals surface area contributed by atoms with E-state index in [1.165, 1.54) is 12.1 Å². The molecule has 1 amide bonds. The topological polar surface area (TPSA) is 84.7 Å². The molecule has 1 saturated heterocycles. The molecule has 0 aromatic heterocycles. The summed E-state index contributed by atoms with van der Waals surface area (Å²) in [7, 11) is 0. The van der Waals surface area contributed by atoms with Gasteiger partial charge in [0.15, 0.2) is 0 Å². The lowest BCUT2D eigenvalue weighted by Gasteiger charge is -2.29. The number of non-ortho nitro benzene ring substituents is 1. The number of halogens is 2. The summed E-state index contributed by atoms with van der Waals surface area (Å²) in [4.78, 5) is 25.0. The first kappa shape index (κ1) is 18.6. The first-order chi connectivity index (χ1) is 12.5. The number of amides is 1. The van der Waals surface area contributed by atoms with E-state index in [4.69, 9.17) is 16.3 Å². The van der Waals surface area contributed by atoms with Crippen molar-refractivity contribution < 1.29 is 14.5 Å². The molecule has 2 aromatic carbocycles. The Morgan fingerprint density at radius 3 is 2.62 bits per heavy atom. The van der Waals surface area contributed by atoms with E-state index < -0.39 is 10.8 Å². The van der Waals surface area contributed by atoms with Gasteiger partial charge in [0.05, 0.1) is 34.4 Å². The van der Waals surface area contributed by atoms with E-state index in [0.29, 0.717) is 18.9 Å². The number of carbonyl (C=O) groups is 1. The monoisotopic (exact) mass is 439 g/mol. The van der Waals surface area contributed by atoms with Gasteiger partial charge in [-0.15, -0.1) is 0 Å². The predicted octanol–water partition coefficient (Wildman–Crippen LogP) is 4.10. The highest BCUT2D eigenvalue weighted by molar-refractivity contribution is 9.10. The van der Waals surface area contributed by atoms with Crippen molar-refractivity contribution in [2.24, 2.45) is 0 Å². The highest BCUT2D eigenvalue weighted by atomic mass is 79.9. The summed E-state index contributed by atoms with van der Waals surface area (Å²) in [5.41, 5.74) is 1.43. The van der Waals surface area contributed by atoms with Crippen LogP contribution in [0.15, 0.2) is 40.9 Å². The number of rotatable bonds is 4. The molecule has 1 fully saturated rings. The SMILES string of the molecule is O=C(Nc1ccc(N2CCOCC2)c(Br)c1)c1cc([N+](=O)[O-])ccc1Cl. The highest BCUT2D eigenvalue weighted by Gasteiger charge is 2.18. The number of ether oxygens (including phenoxy) is 1. The van der Waals surface area contributed by atoms with Gasteiger partial charge in [0.25, 0.3) is 11.6 Å². The van der Waals surface area contributed by atoms with Crippen molar-refractivity contribution in [3.8, 4) is 0 Å². The van der Waals surface area contributed by atoms with Crippen molar-refractivity contribution in [3.05, 3.63) is 61.6 Å². The molecule has 0 atom stereocenters. The molecule has 1 aliphatic rings. The van der Waals surface area contributed by atoms with Gasteiger partial charge in [-0.25, -0.2) is 0 Å². The van der Waals surface area contributed by atoms with Crippen molar-refractivity contribution in [2.45, 2.75) is 0 Å². The van der Waals surface area contributed by atoms with Gasteiger partial charge in [-0.05, 0) is 40.2 Å². The van der Waals surface area contributed by atoms with Crippen LogP contribution in [0.2, 0.25) is 5.02 Å². The summed E-state index contributed by atoms with van der Waals surface area (Å²) < 4.78 is 6.19. The number of nitro groups is 1. The van der Waals surface area contributed by atoms with Crippen molar-refractivity contribution >= 4 is 50.5 Å². The van der Waals surface area contributed by atoms with Gasteiger partial charge >= 0.3 is 0 Å². The van der Waals surface area contributed by atoms with E-state index in [1.54, 1.807) is 12.1 Å². The van der Waals surface area contributed by atoms with Gasteiger partial charge in [0.2, 0.25) is 0 Å². The summed E-state index contributed by atoms with van der Waals surface area (Å²) in [6.45, 7) is 2.95. The second-order valence-corrected chi connectivity index (χ2v) is 6.90. The minimum absolute atomic E-state index is 0.0502. The summed E-state index contributed by atoms with van der Waals surface area (Å²) >= 11 is 9.53. The number of nitrogens with zero attached hydrogens (tertiary/aromatic N) is 2. The van der Waals surface area contributed by atoms with Crippen LogP contribution >= 0.6 is 27.5 Å². The Bertz CT molecular complexity index is 856. The average molecular weight is 441 g/mol. The lowest BCUT2D eigenvalue weighted by atomic mass is 10.1. The molecule has 7 nitrogen and oxygen atoms in total. The van der Waals surface area contributed by atoms with E-state index in [-0.39, 0.29) is 16.3 Å². The lowest BCUT2D eigenvalue weighted by Crippen LogP contribution is -2.36. The number of hydrogen-bond donors (Lipinski definition) is 1. The molecule has 0 saturated carbocycles. The molecular formula is C17H15BrClN3O4. The number of hydrogen-bond acceptors (Lipinski definition) is 5. The van der Waals surface area contributed by atoms with Gasteiger partial charge < -0.3 is 15.0 Å². The predicted molar refractivity (Wildman–Crippen MR) is 103 cm³/mol. The normalized spacial score (nSPS) is 14.2. The second-order valence-electron chi connectivity index (χ2n) is 5.64. The second kappa shape index (κ2) is 8.03. The Morgan fingerprint density at radius 2 is 1.96 bits per heavy atom. The molecular weight excluding hydrogens is 426 g/mol.